The Morgan fingerprint density at radius 2 is 2.46 bits per heavy atom. The van der Waals surface area contributed by atoms with Crippen LogP contribution in [0.5, 0.6) is 0 Å². The summed E-state index contributed by atoms with van der Waals surface area (Å²) in [7, 11) is 0. The van der Waals surface area contributed by atoms with E-state index in [1.54, 1.807) is 0 Å². The zero-order valence-electron chi connectivity index (χ0n) is 7.62. The Hall–Kier alpha value is -0.760. The predicted octanol–water partition coefficient (Wildman–Crippen LogP) is 2.60. The van der Waals surface area contributed by atoms with Crippen LogP contribution in [0.4, 0.5) is 0 Å². The molecule has 0 spiro atoms. The van der Waals surface area contributed by atoms with Gasteiger partial charge in [0.25, 0.3) is 0 Å². The van der Waals surface area contributed by atoms with E-state index >= 15 is 0 Å². The summed E-state index contributed by atoms with van der Waals surface area (Å²) < 4.78 is 0. The number of carbonyl (C=O) groups excluding carboxylic acids is 1. The second-order valence-corrected chi connectivity index (χ2v) is 4.74. The number of hydrogen-bond donors (Lipinski definition) is 0. The molecule has 2 rings (SSSR count). The standard InChI is InChI=1S/C11H12OS/c1-8-3-2-4-11-10(8)7-9(13-11)5-6-12/h2-4,6,9H,5,7H2,1H3. The Kier molecular flexibility index (Phi) is 2.40. The highest BCUT2D eigenvalue weighted by molar-refractivity contribution is 8.00. The number of carbonyl (C=O) groups is 1. The van der Waals surface area contributed by atoms with E-state index in [1.807, 2.05) is 11.8 Å². The maximum atomic E-state index is 10.4. The Balaban J connectivity index is 2.24. The van der Waals surface area contributed by atoms with Crippen LogP contribution < -0.4 is 0 Å². The lowest BCUT2D eigenvalue weighted by atomic mass is 10.0. The van der Waals surface area contributed by atoms with Crippen LogP contribution in [0.2, 0.25) is 0 Å². The van der Waals surface area contributed by atoms with Crippen molar-refractivity contribution in [2.45, 2.75) is 29.9 Å². The number of fused-ring (bicyclic) bond motifs is 1. The molecule has 1 unspecified atom stereocenters. The molecule has 13 heavy (non-hydrogen) atoms. The first-order chi connectivity index (χ1) is 6.31. The number of aldehydes is 1. The molecule has 1 aliphatic rings. The van der Waals surface area contributed by atoms with Gasteiger partial charge in [0.05, 0.1) is 0 Å². The van der Waals surface area contributed by atoms with E-state index in [0.717, 1.165) is 12.7 Å². The maximum absolute atomic E-state index is 10.4. The van der Waals surface area contributed by atoms with Gasteiger partial charge in [0.1, 0.15) is 6.29 Å². The first-order valence-corrected chi connectivity index (χ1v) is 5.38. The summed E-state index contributed by atoms with van der Waals surface area (Å²) in [5.41, 5.74) is 2.80. The third-order valence-electron chi connectivity index (χ3n) is 2.45. The quantitative estimate of drug-likeness (QED) is 0.670. The van der Waals surface area contributed by atoms with Gasteiger partial charge in [-0.05, 0) is 30.5 Å². The zero-order valence-corrected chi connectivity index (χ0v) is 8.43. The summed E-state index contributed by atoms with van der Waals surface area (Å²) in [6, 6.07) is 6.38. The molecule has 1 atom stereocenters. The smallest absolute Gasteiger partial charge is 0.121 e. The molecular weight excluding hydrogens is 180 g/mol. The van der Waals surface area contributed by atoms with Crippen LogP contribution in [0.3, 0.4) is 0 Å². The van der Waals surface area contributed by atoms with E-state index in [9.17, 15) is 4.79 Å². The van der Waals surface area contributed by atoms with Gasteiger partial charge in [0.2, 0.25) is 0 Å². The van der Waals surface area contributed by atoms with Crippen LogP contribution in [0.15, 0.2) is 23.1 Å². The monoisotopic (exact) mass is 192 g/mol. The fourth-order valence-corrected chi connectivity index (χ4v) is 3.06. The van der Waals surface area contributed by atoms with Crippen molar-refractivity contribution in [1.82, 2.24) is 0 Å². The van der Waals surface area contributed by atoms with Crippen molar-refractivity contribution in [3.63, 3.8) is 0 Å². The van der Waals surface area contributed by atoms with Crippen LogP contribution >= 0.6 is 11.8 Å². The second kappa shape index (κ2) is 3.54. The van der Waals surface area contributed by atoms with Gasteiger partial charge in [-0.15, -0.1) is 11.8 Å². The molecule has 1 aliphatic heterocycles. The largest absolute Gasteiger partial charge is 0.303 e. The average Bonchev–Trinajstić information content (AvgIpc) is 2.49. The van der Waals surface area contributed by atoms with E-state index < -0.39 is 0 Å². The minimum Gasteiger partial charge on any atom is -0.303 e. The normalized spacial score (nSPS) is 19.9. The SMILES string of the molecule is Cc1cccc2c1CC(CC=O)S2. The predicted molar refractivity (Wildman–Crippen MR) is 55.2 cm³/mol. The first kappa shape index (κ1) is 8.82. The molecule has 1 nitrogen and oxygen atoms in total. The third kappa shape index (κ3) is 1.63. The molecule has 0 saturated carbocycles. The highest BCUT2D eigenvalue weighted by Crippen LogP contribution is 2.39. The Bertz CT molecular complexity index is 333. The molecule has 2 heteroatoms. The van der Waals surface area contributed by atoms with Gasteiger partial charge in [0.15, 0.2) is 0 Å². The van der Waals surface area contributed by atoms with E-state index in [2.05, 4.69) is 25.1 Å². The molecule has 0 bridgehead atoms. The zero-order chi connectivity index (χ0) is 9.26. The van der Waals surface area contributed by atoms with Gasteiger partial charge >= 0.3 is 0 Å². The van der Waals surface area contributed by atoms with Gasteiger partial charge in [0, 0.05) is 16.6 Å². The van der Waals surface area contributed by atoms with Gasteiger partial charge in [-0.2, -0.15) is 0 Å². The van der Waals surface area contributed by atoms with Gasteiger partial charge in [-0.25, -0.2) is 0 Å². The van der Waals surface area contributed by atoms with Crippen molar-refractivity contribution in [3.8, 4) is 0 Å². The molecule has 0 N–H and O–H groups in total. The van der Waals surface area contributed by atoms with Crippen molar-refractivity contribution in [2.75, 3.05) is 0 Å². The number of rotatable bonds is 2. The molecule has 1 aromatic rings. The molecule has 0 aliphatic carbocycles. The fourth-order valence-electron chi connectivity index (χ4n) is 1.74. The minimum absolute atomic E-state index is 0.480. The summed E-state index contributed by atoms with van der Waals surface area (Å²) in [5, 5.41) is 0.480. The van der Waals surface area contributed by atoms with Crippen LogP contribution in [0.25, 0.3) is 0 Å². The van der Waals surface area contributed by atoms with E-state index in [1.165, 1.54) is 16.0 Å². The molecule has 0 fully saturated rings. The first-order valence-electron chi connectivity index (χ1n) is 4.50. The summed E-state index contributed by atoms with van der Waals surface area (Å²) in [4.78, 5) is 11.8. The Morgan fingerprint density at radius 3 is 3.15 bits per heavy atom. The fraction of sp³-hybridized carbons (Fsp3) is 0.364. The van der Waals surface area contributed by atoms with E-state index in [-0.39, 0.29) is 0 Å². The van der Waals surface area contributed by atoms with Crippen LogP contribution in [0, 0.1) is 6.92 Å². The van der Waals surface area contributed by atoms with Crippen molar-refractivity contribution in [3.05, 3.63) is 29.3 Å². The molecule has 68 valence electrons. The van der Waals surface area contributed by atoms with Crippen LogP contribution in [0.1, 0.15) is 17.5 Å². The van der Waals surface area contributed by atoms with Crippen molar-refractivity contribution >= 4 is 18.0 Å². The molecular formula is C11H12OS. The topological polar surface area (TPSA) is 17.1 Å². The van der Waals surface area contributed by atoms with Crippen molar-refractivity contribution in [2.24, 2.45) is 0 Å². The Morgan fingerprint density at radius 1 is 1.62 bits per heavy atom. The second-order valence-electron chi connectivity index (χ2n) is 3.40. The number of aryl methyl sites for hydroxylation is 1. The highest BCUT2D eigenvalue weighted by atomic mass is 32.2. The molecule has 0 amide bonds. The lowest BCUT2D eigenvalue weighted by Crippen LogP contribution is -2.01. The molecule has 0 aromatic heterocycles. The lowest BCUT2D eigenvalue weighted by molar-refractivity contribution is -0.107. The van der Waals surface area contributed by atoms with E-state index in [0.29, 0.717) is 11.7 Å². The average molecular weight is 192 g/mol. The Labute approximate surface area is 82.5 Å². The third-order valence-corrected chi connectivity index (χ3v) is 3.78. The maximum Gasteiger partial charge on any atom is 0.121 e. The summed E-state index contributed by atoms with van der Waals surface area (Å²) in [6.07, 6.45) is 2.77. The molecule has 0 saturated heterocycles. The number of thioether (sulfide) groups is 1. The van der Waals surface area contributed by atoms with Gasteiger partial charge < -0.3 is 4.79 Å². The number of benzene rings is 1. The minimum atomic E-state index is 0.480. The van der Waals surface area contributed by atoms with Gasteiger partial charge in [-0.3, -0.25) is 0 Å². The van der Waals surface area contributed by atoms with Crippen molar-refractivity contribution in [1.29, 1.82) is 0 Å². The summed E-state index contributed by atoms with van der Waals surface area (Å²) in [6.45, 7) is 2.14. The highest BCUT2D eigenvalue weighted by Gasteiger charge is 2.22. The van der Waals surface area contributed by atoms with Crippen LogP contribution in [-0.2, 0) is 11.2 Å². The van der Waals surface area contributed by atoms with Crippen LogP contribution in [-0.4, -0.2) is 11.5 Å². The summed E-state index contributed by atoms with van der Waals surface area (Å²) in [5.74, 6) is 0. The van der Waals surface area contributed by atoms with Crippen molar-refractivity contribution < 1.29 is 4.79 Å². The van der Waals surface area contributed by atoms with Gasteiger partial charge in [-0.1, -0.05) is 12.1 Å². The van der Waals surface area contributed by atoms with E-state index in [4.69, 9.17) is 0 Å². The molecule has 1 heterocycles. The summed E-state index contributed by atoms with van der Waals surface area (Å²) >= 11 is 1.84. The molecule has 1 aromatic carbocycles. The lowest BCUT2D eigenvalue weighted by Gasteiger charge is -2.00. The molecule has 0 radical (unpaired) electrons. The number of hydrogen-bond acceptors (Lipinski definition) is 2.